The summed E-state index contributed by atoms with van der Waals surface area (Å²) in [6.45, 7) is 2.29. The van der Waals surface area contributed by atoms with Gasteiger partial charge in [0.2, 0.25) is 0 Å². The minimum atomic E-state index is 0. The summed E-state index contributed by atoms with van der Waals surface area (Å²) >= 11 is 0. The largest absolute Gasteiger partial charge is 0.358 e. The molecule has 1 fully saturated rings. The van der Waals surface area contributed by atoms with E-state index in [1.54, 1.807) is 11.8 Å². The van der Waals surface area contributed by atoms with Gasteiger partial charge in [-0.15, -0.1) is 71.8 Å². The predicted octanol–water partition coefficient (Wildman–Crippen LogP) is 8.20. The molecule has 7 rings (SSSR count). The van der Waals surface area contributed by atoms with E-state index in [4.69, 9.17) is 4.98 Å². The van der Waals surface area contributed by atoms with Crippen molar-refractivity contribution in [3.8, 4) is 22.6 Å². The zero-order valence-corrected chi connectivity index (χ0v) is 23.3. The van der Waals surface area contributed by atoms with Gasteiger partial charge in [0, 0.05) is 37.9 Å². The molecule has 1 saturated carbocycles. The van der Waals surface area contributed by atoms with E-state index in [1.807, 2.05) is 54.6 Å². The van der Waals surface area contributed by atoms with Crippen molar-refractivity contribution in [2.24, 2.45) is 5.92 Å². The molecule has 3 nitrogen and oxygen atoms in total. The molecule has 0 spiro atoms. The summed E-state index contributed by atoms with van der Waals surface area (Å²) in [5, 5.41) is 0. The average molecular weight is 660 g/mol. The molecule has 187 valence electrons. The van der Waals surface area contributed by atoms with E-state index in [0.717, 1.165) is 34.1 Å². The third-order valence-electron chi connectivity index (χ3n) is 7.24. The normalized spacial score (nSPS) is 16.5. The topological polar surface area (TPSA) is 30.7 Å². The molecule has 3 aromatic carbocycles. The molecule has 1 unspecified atom stereocenters. The molecule has 37 heavy (non-hydrogen) atoms. The van der Waals surface area contributed by atoms with Crippen molar-refractivity contribution in [2.45, 2.75) is 38.6 Å². The Morgan fingerprint density at radius 1 is 0.811 bits per heavy atom. The maximum absolute atomic E-state index is 4.96. The van der Waals surface area contributed by atoms with Crippen molar-refractivity contribution in [1.82, 2.24) is 14.5 Å². The number of para-hydroxylation sites is 1. The van der Waals surface area contributed by atoms with E-state index in [1.165, 1.54) is 36.8 Å². The molecular weight excluding hydrogens is 631 g/mol. The molecule has 1 atom stereocenters. The van der Waals surface area contributed by atoms with Crippen molar-refractivity contribution in [1.29, 1.82) is 0 Å². The number of nitrogens with zero attached hydrogens (tertiary/aromatic N) is 3. The first-order chi connectivity index (χ1) is 17.8. The number of hydrogen-bond acceptors (Lipinski definition) is 2. The number of imidazole rings is 1. The Balaban J connectivity index is 0.000000183. The van der Waals surface area contributed by atoms with E-state index in [9.17, 15) is 0 Å². The van der Waals surface area contributed by atoms with Crippen LogP contribution in [-0.2, 0) is 20.1 Å². The van der Waals surface area contributed by atoms with Crippen LogP contribution in [0, 0.1) is 18.1 Å². The summed E-state index contributed by atoms with van der Waals surface area (Å²) in [7, 11) is 0. The van der Waals surface area contributed by atoms with Crippen molar-refractivity contribution in [3.63, 3.8) is 0 Å². The van der Waals surface area contributed by atoms with E-state index in [2.05, 4.69) is 65.0 Å². The van der Waals surface area contributed by atoms with Gasteiger partial charge in [-0.25, -0.2) is 0 Å². The van der Waals surface area contributed by atoms with Crippen molar-refractivity contribution in [3.05, 3.63) is 115 Å². The van der Waals surface area contributed by atoms with E-state index in [0.29, 0.717) is 6.04 Å². The maximum Gasteiger partial charge on any atom is 0.0777 e. The van der Waals surface area contributed by atoms with Crippen molar-refractivity contribution >= 4 is 16.6 Å². The molecule has 5 aromatic rings. The zero-order chi connectivity index (χ0) is 24.3. The molecule has 1 aliphatic heterocycles. The summed E-state index contributed by atoms with van der Waals surface area (Å²) in [4.78, 5) is 9.18. The molecule has 0 bridgehead atoms. The first-order valence-corrected chi connectivity index (χ1v) is 12.9. The second-order valence-electron chi connectivity index (χ2n) is 9.59. The Morgan fingerprint density at radius 2 is 1.54 bits per heavy atom. The predicted molar refractivity (Wildman–Crippen MR) is 147 cm³/mol. The molecule has 3 heterocycles. The summed E-state index contributed by atoms with van der Waals surface area (Å²) in [5.74, 6) is 1.76. The summed E-state index contributed by atoms with van der Waals surface area (Å²) in [6.07, 6.45) is 9.68. The molecule has 0 N–H and O–H groups in total. The van der Waals surface area contributed by atoms with Gasteiger partial charge < -0.3 is 9.55 Å². The summed E-state index contributed by atoms with van der Waals surface area (Å²) in [6, 6.07) is 35.2. The van der Waals surface area contributed by atoms with Gasteiger partial charge in [0.25, 0.3) is 0 Å². The third kappa shape index (κ3) is 5.09. The smallest absolute Gasteiger partial charge is 0.0777 e. The molecule has 1 aliphatic carbocycles. The monoisotopic (exact) mass is 660 g/mol. The molecule has 2 aliphatic rings. The Morgan fingerprint density at radius 3 is 2.22 bits per heavy atom. The number of allylic oxidation sites excluding steroid dienone is 2. The number of aromatic nitrogens is 3. The van der Waals surface area contributed by atoms with Gasteiger partial charge in [0.05, 0.1) is 16.9 Å². The Labute approximate surface area is 232 Å². The summed E-state index contributed by atoms with van der Waals surface area (Å²) in [5.41, 5.74) is 8.45. The first kappa shape index (κ1) is 25.3. The van der Waals surface area contributed by atoms with Gasteiger partial charge in [0.15, 0.2) is 0 Å². The van der Waals surface area contributed by atoms with Gasteiger partial charge in [-0.2, -0.15) is 0 Å². The SMILES string of the molecule is CC1C=C(C2CCCC2)c2cccc3nc(-c4[c-]cccc4)n1c23.[Ir].[c-]1ccccc1-c1ccccn1. The van der Waals surface area contributed by atoms with Gasteiger partial charge in [-0.1, -0.05) is 43.2 Å². The van der Waals surface area contributed by atoms with Gasteiger partial charge in [-0.05, 0) is 49.1 Å². The van der Waals surface area contributed by atoms with E-state index >= 15 is 0 Å². The minimum Gasteiger partial charge on any atom is -0.358 e. The van der Waals surface area contributed by atoms with Crippen LogP contribution in [0.4, 0.5) is 0 Å². The van der Waals surface area contributed by atoms with Crippen LogP contribution in [-0.4, -0.2) is 14.5 Å². The summed E-state index contributed by atoms with van der Waals surface area (Å²) < 4.78 is 2.40. The second kappa shape index (κ2) is 11.4. The zero-order valence-electron chi connectivity index (χ0n) is 20.9. The van der Waals surface area contributed by atoms with Crippen LogP contribution >= 0.6 is 0 Å². The van der Waals surface area contributed by atoms with E-state index < -0.39 is 0 Å². The molecule has 0 saturated heterocycles. The van der Waals surface area contributed by atoms with Gasteiger partial charge in [0.1, 0.15) is 0 Å². The van der Waals surface area contributed by atoms with Crippen LogP contribution in [0.25, 0.3) is 39.3 Å². The second-order valence-corrected chi connectivity index (χ2v) is 9.59. The Bertz CT molecular complexity index is 1450. The van der Waals surface area contributed by atoms with E-state index in [-0.39, 0.29) is 20.1 Å². The Hall–Kier alpha value is -3.33. The van der Waals surface area contributed by atoms with Crippen LogP contribution in [0.2, 0.25) is 0 Å². The van der Waals surface area contributed by atoms with Crippen LogP contribution in [0.15, 0.2) is 97.2 Å². The van der Waals surface area contributed by atoms with Crippen LogP contribution < -0.4 is 0 Å². The van der Waals surface area contributed by atoms with Crippen LogP contribution in [0.5, 0.6) is 0 Å². The number of hydrogen-bond donors (Lipinski definition) is 0. The first-order valence-electron chi connectivity index (χ1n) is 12.9. The molecule has 1 radical (unpaired) electrons. The third-order valence-corrected chi connectivity index (χ3v) is 7.24. The standard InChI is InChI=1S/C22H21N2.C11H8N.Ir/c1-15-14-19(16-8-5-6-9-16)18-12-7-13-20-21(18)24(15)22(23-20)17-10-3-2-4-11-17;1-2-6-10(7-3-1)11-8-4-5-9-12-11;/h2-4,7,10,12-16H,5-6,8-9H2,1H3;1-6,8-9H;/q2*-1;. The number of rotatable bonds is 3. The Kier molecular flexibility index (Phi) is 7.79. The van der Waals surface area contributed by atoms with Gasteiger partial charge >= 0.3 is 0 Å². The number of benzene rings is 3. The number of pyridine rings is 1. The fraction of sp³-hybridized carbons (Fsp3) is 0.212. The maximum atomic E-state index is 4.96. The molecule has 2 aromatic heterocycles. The fourth-order valence-electron chi connectivity index (χ4n) is 5.59. The van der Waals surface area contributed by atoms with Crippen molar-refractivity contribution in [2.75, 3.05) is 0 Å². The average Bonchev–Trinajstić information content (AvgIpc) is 3.62. The molecule has 0 amide bonds. The van der Waals surface area contributed by atoms with Crippen molar-refractivity contribution < 1.29 is 20.1 Å². The molecular formula is C33H29IrN3-2. The fourth-order valence-corrected chi connectivity index (χ4v) is 5.59. The van der Waals surface area contributed by atoms with Crippen LogP contribution in [0.3, 0.4) is 0 Å². The quantitative estimate of drug-likeness (QED) is 0.183. The minimum absolute atomic E-state index is 0. The molecule has 4 heteroatoms. The van der Waals surface area contributed by atoms with Crippen LogP contribution in [0.1, 0.15) is 44.2 Å². The van der Waals surface area contributed by atoms with Gasteiger partial charge in [-0.3, -0.25) is 4.98 Å².